The first-order valence-corrected chi connectivity index (χ1v) is 16.2. The Morgan fingerprint density at radius 3 is 1.63 bits per heavy atom. The fourth-order valence-electron chi connectivity index (χ4n) is 6.15. The van der Waals surface area contributed by atoms with Gasteiger partial charge in [0.2, 0.25) is 0 Å². The first-order chi connectivity index (χ1) is 23.9. The minimum absolute atomic E-state index is 0.140. The molecule has 0 radical (unpaired) electrons. The average Bonchev–Trinajstić information content (AvgIpc) is 3.48. The van der Waals surface area contributed by atoms with Crippen LogP contribution in [0.5, 0.6) is 11.5 Å². The van der Waals surface area contributed by atoms with Crippen LogP contribution in [0.25, 0.3) is 0 Å². The number of hydrogen-bond donors (Lipinski definition) is 0. The van der Waals surface area contributed by atoms with Crippen LogP contribution in [0.1, 0.15) is 49.7 Å². The third-order valence-corrected chi connectivity index (χ3v) is 9.01. The smallest absolute Gasteiger partial charge is 0.189 e. The monoisotopic (exact) mass is 662 g/mol. The number of benzene rings is 5. The molecule has 5 aromatic rings. The molecule has 6 rings (SSSR count). The van der Waals surface area contributed by atoms with E-state index < -0.39 is 17.3 Å². The quantitative estimate of drug-likeness (QED) is 0.123. The van der Waals surface area contributed by atoms with Crippen LogP contribution in [-0.2, 0) is 13.2 Å². The van der Waals surface area contributed by atoms with Gasteiger partial charge in [-0.15, -0.1) is 0 Å². The summed E-state index contributed by atoms with van der Waals surface area (Å²) in [5, 5.41) is 21.7. The van der Waals surface area contributed by atoms with E-state index in [4.69, 9.17) is 21.1 Å². The molecule has 0 heterocycles. The van der Waals surface area contributed by atoms with Crippen LogP contribution in [0.2, 0.25) is 5.02 Å². The Morgan fingerprint density at radius 2 is 1.14 bits per heavy atom. The fraction of sp³-hybridized carbons (Fsp3) is 0.143. The second kappa shape index (κ2) is 14.9. The summed E-state index contributed by atoms with van der Waals surface area (Å²) in [4.78, 5) is 27.8. The Kier molecular flexibility index (Phi) is 10.00. The van der Waals surface area contributed by atoms with Gasteiger partial charge in [0.15, 0.2) is 17.0 Å². The third kappa shape index (κ3) is 7.31. The predicted octanol–water partition coefficient (Wildman–Crippen LogP) is 9.33. The molecule has 0 N–H and O–H groups in total. The number of nitrogens with zero attached hydrogens (tertiary/aromatic N) is 2. The summed E-state index contributed by atoms with van der Waals surface area (Å²) in [6.07, 6.45) is 1.50. The number of Topliss-reactive ketones (excluding diaryl/α,β-unsaturated/α-hetero) is 2. The highest BCUT2D eigenvalue weighted by Gasteiger charge is 2.54. The van der Waals surface area contributed by atoms with Crippen molar-refractivity contribution < 1.29 is 19.1 Å². The summed E-state index contributed by atoms with van der Waals surface area (Å²) in [6.45, 7) is 0.768. The molecule has 0 spiro atoms. The summed E-state index contributed by atoms with van der Waals surface area (Å²) in [7, 11) is 0. The number of ketones is 2. The Morgan fingerprint density at radius 1 is 0.653 bits per heavy atom. The lowest BCUT2D eigenvalue weighted by Gasteiger charge is -2.29. The van der Waals surface area contributed by atoms with Gasteiger partial charge in [0, 0.05) is 40.0 Å². The van der Waals surface area contributed by atoms with Gasteiger partial charge in [-0.2, -0.15) is 10.5 Å². The summed E-state index contributed by atoms with van der Waals surface area (Å²) >= 11 is 6.18. The first kappa shape index (κ1) is 33.0. The Bertz CT molecular complexity index is 2030. The van der Waals surface area contributed by atoms with Crippen molar-refractivity contribution in [2.24, 2.45) is 11.3 Å². The van der Waals surface area contributed by atoms with E-state index in [0.717, 1.165) is 11.1 Å². The minimum atomic E-state index is -1.72. The highest BCUT2D eigenvalue weighted by atomic mass is 35.5. The Hall–Kier alpha value is -5.95. The predicted molar refractivity (Wildman–Crippen MR) is 187 cm³/mol. The fourth-order valence-corrected chi connectivity index (χ4v) is 6.28. The number of halogens is 1. The number of hydrogen-bond acceptors (Lipinski definition) is 6. The molecule has 0 saturated heterocycles. The van der Waals surface area contributed by atoms with Crippen LogP contribution in [-0.4, -0.2) is 11.6 Å². The molecule has 1 aliphatic rings. The molecule has 6 nitrogen and oxygen atoms in total. The number of carbonyl (C=O) groups excluding carboxylic acids is 2. The molecule has 0 bridgehead atoms. The van der Waals surface area contributed by atoms with Gasteiger partial charge < -0.3 is 9.47 Å². The van der Waals surface area contributed by atoms with Crippen LogP contribution >= 0.6 is 11.6 Å². The SMILES string of the molecule is N#CC1(C#N)[C@@H](CC(=O)c2ccc(OCc3ccccc3)cc2)C=C(C(=O)c2ccc(OCc3ccccc3)cc2)[C@@H]1c1ccc(Cl)cc1. The van der Waals surface area contributed by atoms with Crippen molar-refractivity contribution >= 4 is 23.2 Å². The van der Waals surface area contributed by atoms with Crippen LogP contribution in [0.15, 0.2) is 145 Å². The molecular formula is C42H31ClN2O4. The van der Waals surface area contributed by atoms with Crippen molar-refractivity contribution in [3.8, 4) is 23.6 Å². The lowest BCUT2D eigenvalue weighted by molar-refractivity contribution is 0.0955. The van der Waals surface area contributed by atoms with E-state index in [0.29, 0.717) is 46.4 Å². The van der Waals surface area contributed by atoms with E-state index >= 15 is 0 Å². The van der Waals surface area contributed by atoms with Gasteiger partial charge in [-0.25, -0.2) is 0 Å². The molecule has 7 heteroatoms. The van der Waals surface area contributed by atoms with Crippen LogP contribution < -0.4 is 9.47 Å². The van der Waals surface area contributed by atoms with E-state index in [1.165, 1.54) is 0 Å². The van der Waals surface area contributed by atoms with Crippen LogP contribution in [0.3, 0.4) is 0 Å². The van der Waals surface area contributed by atoms with Crippen molar-refractivity contribution in [3.63, 3.8) is 0 Å². The number of rotatable bonds is 12. The Balaban J connectivity index is 1.25. The maximum Gasteiger partial charge on any atom is 0.189 e. The highest BCUT2D eigenvalue weighted by Crippen LogP contribution is 2.54. The molecule has 0 aliphatic heterocycles. The molecule has 1 aliphatic carbocycles. The van der Waals surface area contributed by atoms with Gasteiger partial charge >= 0.3 is 0 Å². The van der Waals surface area contributed by atoms with Gasteiger partial charge in [-0.05, 0) is 77.4 Å². The number of nitriles is 2. The molecule has 49 heavy (non-hydrogen) atoms. The van der Waals surface area contributed by atoms with Crippen molar-refractivity contribution in [3.05, 3.63) is 178 Å². The van der Waals surface area contributed by atoms with Gasteiger partial charge in [0.05, 0.1) is 12.1 Å². The molecule has 2 atom stereocenters. The van der Waals surface area contributed by atoms with Crippen molar-refractivity contribution in [2.45, 2.75) is 25.6 Å². The molecule has 0 unspecified atom stereocenters. The molecule has 5 aromatic carbocycles. The summed E-state index contributed by atoms with van der Waals surface area (Å²) < 4.78 is 11.8. The normalized spacial score (nSPS) is 16.1. The van der Waals surface area contributed by atoms with Gasteiger partial charge in [-0.1, -0.05) is 90.5 Å². The summed E-state index contributed by atoms with van der Waals surface area (Å²) in [6, 6.07) is 44.3. The summed E-state index contributed by atoms with van der Waals surface area (Å²) in [5.74, 6) is -1.14. The molecule has 0 aromatic heterocycles. The second-order valence-corrected chi connectivity index (χ2v) is 12.3. The van der Waals surface area contributed by atoms with E-state index in [1.807, 2.05) is 60.7 Å². The van der Waals surface area contributed by atoms with Crippen LogP contribution in [0, 0.1) is 34.0 Å². The summed E-state index contributed by atoms with van der Waals surface area (Å²) in [5.41, 5.74) is 1.98. The van der Waals surface area contributed by atoms with Gasteiger partial charge in [0.1, 0.15) is 24.7 Å². The van der Waals surface area contributed by atoms with E-state index in [2.05, 4.69) is 12.1 Å². The van der Waals surface area contributed by atoms with E-state index in [9.17, 15) is 20.1 Å². The first-order valence-electron chi connectivity index (χ1n) is 15.8. The number of carbonyl (C=O) groups is 2. The molecule has 0 amide bonds. The standard InChI is InChI=1S/C42H31ClN2O4/c43-35-17-11-32(12-18-35)40-38(41(47)33-15-21-37(22-16-33)49-26-30-9-5-2-6-10-30)23-34(42(40,27-44)28-45)24-39(46)31-13-19-36(20-14-31)48-25-29-7-3-1-4-8-29/h1-23,34,40H,24-26H2/t34-,40+/m1/s1. The van der Waals surface area contributed by atoms with Crippen LogP contribution in [0.4, 0.5) is 0 Å². The van der Waals surface area contributed by atoms with Crippen molar-refractivity contribution in [1.82, 2.24) is 0 Å². The number of ether oxygens (including phenoxy) is 2. The van der Waals surface area contributed by atoms with Crippen molar-refractivity contribution in [1.29, 1.82) is 10.5 Å². The molecule has 0 saturated carbocycles. The van der Waals surface area contributed by atoms with Gasteiger partial charge in [0.25, 0.3) is 0 Å². The van der Waals surface area contributed by atoms with E-state index in [-0.39, 0.29) is 23.6 Å². The maximum absolute atomic E-state index is 14.2. The average molecular weight is 663 g/mol. The lowest BCUT2D eigenvalue weighted by atomic mass is 9.67. The highest BCUT2D eigenvalue weighted by molar-refractivity contribution is 6.30. The van der Waals surface area contributed by atoms with Crippen molar-refractivity contribution in [2.75, 3.05) is 0 Å². The molecular weight excluding hydrogens is 632 g/mol. The molecule has 240 valence electrons. The zero-order chi connectivity index (χ0) is 34.2. The lowest BCUT2D eigenvalue weighted by Crippen LogP contribution is -2.32. The topological polar surface area (TPSA) is 100 Å². The second-order valence-electron chi connectivity index (χ2n) is 11.9. The molecule has 0 fully saturated rings. The largest absolute Gasteiger partial charge is 0.489 e. The minimum Gasteiger partial charge on any atom is -0.489 e. The number of allylic oxidation sites excluding steroid dienone is 2. The maximum atomic E-state index is 14.2. The third-order valence-electron chi connectivity index (χ3n) is 8.76. The Labute approximate surface area is 290 Å². The zero-order valence-corrected chi connectivity index (χ0v) is 27.2. The van der Waals surface area contributed by atoms with E-state index in [1.54, 1.807) is 78.9 Å². The van der Waals surface area contributed by atoms with Gasteiger partial charge in [-0.3, -0.25) is 9.59 Å². The zero-order valence-electron chi connectivity index (χ0n) is 26.5.